The van der Waals surface area contributed by atoms with Crippen LogP contribution in [0.15, 0.2) is 36.5 Å². The van der Waals surface area contributed by atoms with Crippen LogP contribution in [-0.2, 0) is 4.79 Å². The number of aromatic amines is 1. The molecular formula is C17H18N4O2. The number of nitrogens with one attached hydrogen (secondary N) is 4. The Labute approximate surface area is 134 Å². The van der Waals surface area contributed by atoms with Gasteiger partial charge in [0.25, 0.3) is 5.91 Å². The summed E-state index contributed by atoms with van der Waals surface area (Å²) < 4.78 is 0. The number of hydrogen-bond donors (Lipinski definition) is 4. The second-order valence-corrected chi connectivity index (χ2v) is 5.28. The van der Waals surface area contributed by atoms with Crippen LogP contribution in [0.25, 0.3) is 11.1 Å². The summed E-state index contributed by atoms with van der Waals surface area (Å²) in [6, 6.07) is 8.91. The van der Waals surface area contributed by atoms with Crippen LogP contribution in [0.4, 0.5) is 16.2 Å². The molecule has 0 unspecified atom stereocenters. The van der Waals surface area contributed by atoms with Gasteiger partial charge < -0.3 is 20.9 Å². The number of hydrogen-bond acceptors (Lipinski definition) is 2. The third-order valence-corrected chi connectivity index (χ3v) is 3.74. The Morgan fingerprint density at radius 3 is 2.78 bits per heavy atom. The van der Waals surface area contributed by atoms with E-state index in [4.69, 9.17) is 0 Å². The van der Waals surface area contributed by atoms with Gasteiger partial charge in [-0.2, -0.15) is 0 Å². The van der Waals surface area contributed by atoms with E-state index in [-0.39, 0.29) is 11.9 Å². The highest BCUT2D eigenvalue weighted by atomic mass is 16.2. The molecule has 118 valence electrons. The minimum atomic E-state index is -0.267. The van der Waals surface area contributed by atoms with E-state index in [0.29, 0.717) is 17.8 Å². The first kappa shape index (κ1) is 14.9. The molecule has 2 heterocycles. The molecule has 0 saturated heterocycles. The van der Waals surface area contributed by atoms with Crippen LogP contribution in [0.2, 0.25) is 0 Å². The molecule has 1 aromatic heterocycles. The van der Waals surface area contributed by atoms with Gasteiger partial charge in [-0.15, -0.1) is 0 Å². The van der Waals surface area contributed by atoms with Gasteiger partial charge in [0.15, 0.2) is 0 Å². The molecule has 0 atom stereocenters. The van der Waals surface area contributed by atoms with Gasteiger partial charge in [-0.25, -0.2) is 4.79 Å². The molecule has 0 saturated carbocycles. The summed E-state index contributed by atoms with van der Waals surface area (Å²) in [6.07, 6.45) is 1.82. The Balaban J connectivity index is 2.00. The molecule has 23 heavy (non-hydrogen) atoms. The Bertz CT molecular complexity index is 791. The standard InChI is InChI=1S/C17H18N4O2/c1-3-18-17(23)20-11-6-7-14-12(9-11)15(16(22)21-14)10(2)13-5-4-8-19-13/h4-9,19H,3H2,1-2H3,(H,21,22)(H2,18,20,23)/b15-10-. The van der Waals surface area contributed by atoms with Crippen LogP contribution in [-0.4, -0.2) is 23.5 Å². The Hall–Kier alpha value is -3.02. The van der Waals surface area contributed by atoms with Gasteiger partial charge in [0.2, 0.25) is 0 Å². The van der Waals surface area contributed by atoms with Crippen LogP contribution in [0, 0.1) is 0 Å². The number of aromatic nitrogens is 1. The molecule has 3 rings (SSSR count). The van der Waals surface area contributed by atoms with Gasteiger partial charge in [0.05, 0.1) is 5.57 Å². The molecule has 1 aliphatic rings. The van der Waals surface area contributed by atoms with E-state index >= 15 is 0 Å². The van der Waals surface area contributed by atoms with E-state index in [1.165, 1.54) is 0 Å². The summed E-state index contributed by atoms with van der Waals surface area (Å²) >= 11 is 0. The number of carbonyl (C=O) groups excluding carboxylic acids is 2. The van der Waals surface area contributed by atoms with E-state index in [9.17, 15) is 9.59 Å². The number of H-pyrrole nitrogens is 1. The first-order chi connectivity index (χ1) is 11.1. The average Bonchev–Trinajstić information content (AvgIpc) is 3.13. The fourth-order valence-corrected chi connectivity index (χ4v) is 2.65. The van der Waals surface area contributed by atoms with E-state index in [0.717, 1.165) is 22.5 Å². The first-order valence-corrected chi connectivity index (χ1v) is 7.45. The molecule has 3 amide bonds. The van der Waals surface area contributed by atoms with Crippen molar-refractivity contribution >= 4 is 34.5 Å². The smallest absolute Gasteiger partial charge is 0.319 e. The highest BCUT2D eigenvalue weighted by Gasteiger charge is 2.27. The lowest BCUT2D eigenvalue weighted by Gasteiger charge is -2.08. The number of urea groups is 1. The van der Waals surface area contributed by atoms with Gasteiger partial charge in [-0.3, -0.25) is 4.79 Å². The number of allylic oxidation sites excluding steroid dienone is 1. The number of anilines is 2. The van der Waals surface area contributed by atoms with Crippen molar-refractivity contribution < 1.29 is 9.59 Å². The average molecular weight is 310 g/mol. The molecule has 1 aromatic carbocycles. The molecule has 0 fully saturated rings. The molecule has 1 aliphatic heterocycles. The predicted octanol–water partition coefficient (Wildman–Crippen LogP) is 3.04. The normalized spacial score (nSPS) is 15.0. The summed E-state index contributed by atoms with van der Waals surface area (Å²) in [5.74, 6) is -0.137. The number of carbonyl (C=O) groups is 2. The molecule has 2 aromatic rings. The van der Waals surface area contributed by atoms with Crippen molar-refractivity contribution in [1.82, 2.24) is 10.3 Å². The topological polar surface area (TPSA) is 86.0 Å². The molecule has 0 radical (unpaired) electrons. The first-order valence-electron chi connectivity index (χ1n) is 7.45. The van der Waals surface area contributed by atoms with Gasteiger partial charge >= 0.3 is 6.03 Å². The van der Waals surface area contributed by atoms with Gasteiger partial charge in [0, 0.05) is 35.4 Å². The van der Waals surface area contributed by atoms with Gasteiger partial charge in [-0.1, -0.05) is 0 Å². The van der Waals surface area contributed by atoms with Crippen LogP contribution in [0.1, 0.15) is 25.1 Å². The number of rotatable bonds is 3. The van der Waals surface area contributed by atoms with E-state index < -0.39 is 0 Å². The zero-order valence-electron chi connectivity index (χ0n) is 13.0. The molecule has 0 bridgehead atoms. The van der Waals surface area contributed by atoms with Crippen molar-refractivity contribution in [3.63, 3.8) is 0 Å². The Morgan fingerprint density at radius 2 is 2.09 bits per heavy atom. The molecule has 0 spiro atoms. The van der Waals surface area contributed by atoms with Gasteiger partial charge in [-0.05, 0) is 49.8 Å². The van der Waals surface area contributed by atoms with E-state index in [2.05, 4.69) is 20.9 Å². The highest BCUT2D eigenvalue weighted by molar-refractivity contribution is 6.36. The SMILES string of the molecule is CCNC(=O)Nc1ccc2c(c1)/C(=C(\C)c1ccc[nH]1)C(=O)N2. The summed E-state index contributed by atoms with van der Waals surface area (Å²) in [5.41, 5.74) is 4.55. The van der Waals surface area contributed by atoms with Crippen LogP contribution < -0.4 is 16.0 Å². The Kier molecular flexibility index (Phi) is 3.89. The Morgan fingerprint density at radius 1 is 1.26 bits per heavy atom. The monoisotopic (exact) mass is 310 g/mol. The summed E-state index contributed by atoms with van der Waals surface area (Å²) in [6.45, 7) is 4.30. The van der Waals surface area contributed by atoms with Crippen molar-refractivity contribution in [3.8, 4) is 0 Å². The van der Waals surface area contributed by atoms with Crippen LogP contribution in [0.5, 0.6) is 0 Å². The molecule has 6 heteroatoms. The van der Waals surface area contributed by atoms with E-state index in [1.54, 1.807) is 12.1 Å². The summed E-state index contributed by atoms with van der Waals surface area (Å²) in [7, 11) is 0. The van der Waals surface area contributed by atoms with Crippen molar-refractivity contribution in [2.45, 2.75) is 13.8 Å². The molecule has 6 nitrogen and oxygen atoms in total. The summed E-state index contributed by atoms with van der Waals surface area (Å²) in [5, 5.41) is 8.30. The maximum atomic E-state index is 12.3. The fraction of sp³-hybridized carbons (Fsp3) is 0.176. The maximum Gasteiger partial charge on any atom is 0.319 e. The lowest BCUT2D eigenvalue weighted by atomic mass is 9.99. The minimum Gasteiger partial charge on any atom is -0.361 e. The van der Waals surface area contributed by atoms with Crippen LogP contribution >= 0.6 is 0 Å². The summed E-state index contributed by atoms with van der Waals surface area (Å²) in [4.78, 5) is 27.1. The molecule has 4 N–H and O–H groups in total. The zero-order valence-corrected chi connectivity index (χ0v) is 13.0. The van der Waals surface area contributed by atoms with Crippen molar-refractivity contribution in [2.75, 3.05) is 17.2 Å². The second-order valence-electron chi connectivity index (χ2n) is 5.28. The largest absolute Gasteiger partial charge is 0.361 e. The number of fused-ring (bicyclic) bond motifs is 1. The third-order valence-electron chi connectivity index (χ3n) is 3.74. The fourth-order valence-electron chi connectivity index (χ4n) is 2.65. The number of benzene rings is 1. The molecular weight excluding hydrogens is 292 g/mol. The third kappa shape index (κ3) is 2.83. The maximum absolute atomic E-state index is 12.3. The van der Waals surface area contributed by atoms with Crippen molar-refractivity contribution in [2.24, 2.45) is 0 Å². The van der Waals surface area contributed by atoms with Crippen molar-refractivity contribution in [3.05, 3.63) is 47.8 Å². The van der Waals surface area contributed by atoms with Gasteiger partial charge in [0.1, 0.15) is 0 Å². The highest BCUT2D eigenvalue weighted by Crippen LogP contribution is 2.37. The number of amides is 3. The quantitative estimate of drug-likeness (QED) is 0.657. The predicted molar refractivity (Wildman–Crippen MR) is 91.0 cm³/mol. The van der Waals surface area contributed by atoms with Crippen molar-refractivity contribution in [1.29, 1.82) is 0 Å². The zero-order chi connectivity index (χ0) is 16.4. The van der Waals surface area contributed by atoms with E-state index in [1.807, 2.05) is 38.2 Å². The molecule has 0 aliphatic carbocycles. The lowest BCUT2D eigenvalue weighted by Crippen LogP contribution is -2.28. The second kappa shape index (κ2) is 6.00. The lowest BCUT2D eigenvalue weighted by molar-refractivity contribution is -0.110. The minimum absolute atomic E-state index is 0.137. The van der Waals surface area contributed by atoms with Crippen LogP contribution in [0.3, 0.4) is 0 Å².